The molecule has 0 atom stereocenters. The Morgan fingerprint density at radius 3 is 2.50 bits per heavy atom. The summed E-state index contributed by atoms with van der Waals surface area (Å²) in [5, 5.41) is 3.32. The van der Waals surface area contributed by atoms with Gasteiger partial charge in [0.15, 0.2) is 6.61 Å². The maximum Gasteiger partial charge on any atom is 0.339 e. The number of nitrogens with zero attached hydrogens (tertiary/aromatic N) is 1. The highest BCUT2D eigenvalue weighted by molar-refractivity contribution is 6.06. The Labute approximate surface area is 163 Å². The van der Waals surface area contributed by atoms with Crippen LogP contribution in [-0.2, 0) is 14.3 Å². The summed E-state index contributed by atoms with van der Waals surface area (Å²) in [5.41, 5.74) is 3.47. The lowest BCUT2D eigenvalue weighted by Gasteiger charge is -2.14. The number of carbonyl (C=O) groups is 2. The van der Waals surface area contributed by atoms with Gasteiger partial charge >= 0.3 is 5.97 Å². The molecule has 28 heavy (non-hydrogen) atoms. The van der Waals surface area contributed by atoms with Crippen molar-refractivity contribution in [2.45, 2.75) is 6.92 Å². The van der Waals surface area contributed by atoms with Crippen LogP contribution in [0.3, 0.4) is 0 Å². The maximum atomic E-state index is 12.8. The van der Waals surface area contributed by atoms with Gasteiger partial charge in [-0.05, 0) is 18.6 Å². The molecule has 0 saturated heterocycles. The number of para-hydroxylation sites is 1. The zero-order chi connectivity index (χ0) is 19.9. The highest BCUT2D eigenvalue weighted by Gasteiger charge is 2.20. The van der Waals surface area contributed by atoms with Gasteiger partial charge in [0.1, 0.15) is 0 Å². The molecule has 0 aliphatic carbocycles. The van der Waals surface area contributed by atoms with Crippen molar-refractivity contribution >= 4 is 22.8 Å². The molecule has 1 heterocycles. The van der Waals surface area contributed by atoms with Gasteiger partial charge in [-0.25, -0.2) is 9.78 Å². The third kappa shape index (κ3) is 4.35. The molecule has 1 aromatic heterocycles. The van der Waals surface area contributed by atoms with Gasteiger partial charge in [-0.15, -0.1) is 0 Å². The summed E-state index contributed by atoms with van der Waals surface area (Å²) in [6.45, 7) is 2.26. The molecule has 6 nitrogen and oxygen atoms in total. The number of hydrogen-bond donors (Lipinski definition) is 1. The number of aromatic nitrogens is 1. The molecule has 0 saturated carbocycles. The lowest BCUT2D eigenvalue weighted by atomic mass is 9.98. The van der Waals surface area contributed by atoms with Crippen LogP contribution in [0.25, 0.3) is 22.2 Å². The Morgan fingerprint density at radius 1 is 1.04 bits per heavy atom. The highest BCUT2D eigenvalue weighted by Crippen LogP contribution is 2.30. The number of hydrogen-bond acceptors (Lipinski definition) is 5. The Kier molecular flexibility index (Phi) is 6.34. The first-order valence-electron chi connectivity index (χ1n) is 8.99. The minimum Gasteiger partial charge on any atom is -0.452 e. The van der Waals surface area contributed by atoms with Crippen LogP contribution in [0.4, 0.5) is 0 Å². The number of ether oxygens (including phenoxy) is 2. The number of fused-ring (bicyclic) bond motifs is 1. The van der Waals surface area contributed by atoms with E-state index in [9.17, 15) is 9.59 Å². The Balaban J connectivity index is 1.92. The standard InChI is InChI=1S/C22H22N2O4/c1-15-20(22(26)28-14-19(25)23-12-13-27-2)17-10-6-7-11-18(17)24-21(15)16-8-4-3-5-9-16/h3-11H,12-14H2,1-2H3,(H,23,25). The average Bonchev–Trinajstić information content (AvgIpc) is 2.72. The van der Waals surface area contributed by atoms with Crippen LogP contribution in [0.2, 0.25) is 0 Å². The van der Waals surface area contributed by atoms with Crippen molar-refractivity contribution in [3.05, 3.63) is 65.7 Å². The molecule has 2 aromatic carbocycles. The summed E-state index contributed by atoms with van der Waals surface area (Å²) in [6, 6.07) is 17.1. The van der Waals surface area contributed by atoms with Gasteiger partial charge in [-0.3, -0.25) is 4.79 Å². The molecule has 0 bridgehead atoms. The second-order valence-corrected chi connectivity index (χ2v) is 6.26. The first-order valence-corrected chi connectivity index (χ1v) is 8.99. The molecular formula is C22H22N2O4. The van der Waals surface area contributed by atoms with E-state index in [1.165, 1.54) is 0 Å². The molecule has 3 rings (SSSR count). The molecule has 1 N–H and O–H groups in total. The Hall–Kier alpha value is -3.25. The zero-order valence-electron chi connectivity index (χ0n) is 15.9. The molecule has 3 aromatic rings. The van der Waals surface area contributed by atoms with Crippen LogP contribution in [-0.4, -0.2) is 43.7 Å². The summed E-state index contributed by atoms with van der Waals surface area (Å²) in [5.74, 6) is -0.917. The number of esters is 1. The van der Waals surface area contributed by atoms with Gasteiger partial charge in [0.2, 0.25) is 0 Å². The summed E-state index contributed by atoms with van der Waals surface area (Å²) >= 11 is 0. The minimum atomic E-state index is -0.546. The van der Waals surface area contributed by atoms with Crippen LogP contribution in [0.15, 0.2) is 54.6 Å². The average molecular weight is 378 g/mol. The molecule has 0 spiro atoms. The van der Waals surface area contributed by atoms with E-state index in [1.807, 2.05) is 61.5 Å². The monoisotopic (exact) mass is 378 g/mol. The molecule has 0 radical (unpaired) electrons. The normalized spacial score (nSPS) is 10.6. The lowest BCUT2D eigenvalue weighted by Crippen LogP contribution is -2.31. The third-order valence-corrected chi connectivity index (χ3v) is 4.35. The van der Waals surface area contributed by atoms with Crippen LogP contribution in [0, 0.1) is 6.92 Å². The summed E-state index contributed by atoms with van der Waals surface area (Å²) in [7, 11) is 1.55. The molecule has 144 valence electrons. The number of pyridine rings is 1. The fourth-order valence-corrected chi connectivity index (χ4v) is 2.99. The van der Waals surface area contributed by atoms with Crippen LogP contribution >= 0.6 is 0 Å². The summed E-state index contributed by atoms with van der Waals surface area (Å²) in [4.78, 5) is 29.4. The molecular weight excluding hydrogens is 356 g/mol. The van der Waals surface area contributed by atoms with E-state index in [-0.39, 0.29) is 12.5 Å². The largest absolute Gasteiger partial charge is 0.452 e. The van der Waals surface area contributed by atoms with Crippen molar-refractivity contribution < 1.29 is 19.1 Å². The van der Waals surface area contributed by atoms with E-state index < -0.39 is 5.97 Å². The van der Waals surface area contributed by atoms with Gasteiger partial charge in [-0.2, -0.15) is 0 Å². The number of nitrogens with one attached hydrogen (secondary N) is 1. The number of amides is 1. The van der Waals surface area contributed by atoms with Crippen molar-refractivity contribution in [2.24, 2.45) is 0 Å². The van der Waals surface area contributed by atoms with E-state index in [0.717, 1.165) is 16.8 Å². The second-order valence-electron chi connectivity index (χ2n) is 6.26. The predicted octanol–water partition coefficient (Wildman–Crippen LogP) is 3.13. The number of benzene rings is 2. The van der Waals surface area contributed by atoms with Crippen molar-refractivity contribution in [3.63, 3.8) is 0 Å². The van der Waals surface area contributed by atoms with Crippen molar-refractivity contribution in [2.75, 3.05) is 26.9 Å². The first-order chi connectivity index (χ1) is 13.6. The summed E-state index contributed by atoms with van der Waals surface area (Å²) in [6.07, 6.45) is 0. The quantitative estimate of drug-likeness (QED) is 0.505. The Bertz CT molecular complexity index is 986. The van der Waals surface area contributed by atoms with Gasteiger partial charge in [-0.1, -0.05) is 48.5 Å². The van der Waals surface area contributed by atoms with E-state index in [4.69, 9.17) is 14.5 Å². The zero-order valence-corrected chi connectivity index (χ0v) is 15.9. The molecule has 0 aliphatic rings. The summed E-state index contributed by atoms with van der Waals surface area (Å²) < 4.78 is 10.2. The third-order valence-electron chi connectivity index (χ3n) is 4.35. The fourth-order valence-electron chi connectivity index (χ4n) is 2.99. The number of methoxy groups -OCH3 is 1. The lowest BCUT2D eigenvalue weighted by molar-refractivity contribution is -0.124. The molecule has 6 heteroatoms. The van der Waals surface area contributed by atoms with Gasteiger partial charge in [0, 0.05) is 24.6 Å². The fraction of sp³-hybridized carbons (Fsp3) is 0.227. The van der Waals surface area contributed by atoms with Crippen molar-refractivity contribution in [1.29, 1.82) is 0 Å². The van der Waals surface area contributed by atoms with E-state index in [1.54, 1.807) is 7.11 Å². The van der Waals surface area contributed by atoms with E-state index in [0.29, 0.717) is 29.6 Å². The number of carbonyl (C=O) groups excluding carboxylic acids is 2. The van der Waals surface area contributed by atoms with Gasteiger partial charge < -0.3 is 14.8 Å². The predicted molar refractivity (Wildman–Crippen MR) is 107 cm³/mol. The SMILES string of the molecule is COCCNC(=O)COC(=O)c1c(C)c(-c2ccccc2)nc2ccccc12. The second kappa shape index (κ2) is 9.10. The number of rotatable bonds is 7. The Morgan fingerprint density at radius 2 is 1.75 bits per heavy atom. The maximum absolute atomic E-state index is 12.8. The molecule has 0 unspecified atom stereocenters. The van der Waals surface area contributed by atoms with Crippen LogP contribution < -0.4 is 5.32 Å². The minimum absolute atomic E-state index is 0.348. The molecule has 0 aliphatic heterocycles. The molecule has 0 fully saturated rings. The first kappa shape index (κ1) is 19.5. The van der Waals surface area contributed by atoms with E-state index >= 15 is 0 Å². The van der Waals surface area contributed by atoms with Crippen LogP contribution in [0.5, 0.6) is 0 Å². The van der Waals surface area contributed by atoms with Crippen molar-refractivity contribution in [3.8, 4) is 11.3 Å². The van der Waals surface area contributed by atoms with Gasteiger partial charge in [0.05, 0.1) is 23.4 Å². The van der Waals surface area contributed by atoms with Crippen molar-refractivity contribution in [1.82, 2.24) is 10.3 Å². The van der Waals surface area contributed by atoms with Gasteiger partial charge in [0.25, 0.3) is 5.91 Å². The van der Waals surface area contributed by atoms with E-state index in [2.05, 4.69) is 5.32 Å². The molecule has 1 amide bonds. The topological polar surface area (TPSA) is 77.5 Å². The highest BCUT2D eigenvalue weighted by atomic mass is 16.5. The smallest absolute Gasteiger partial charge is 0.339 e. The van der Waals surface area contributed by atoms with Crippen LogP contribution in [0.1, 0.15) is 15.9 Å².